The first kappa shape index (κ1) is 21.4. The maximum Gasteiger partial charge on any atom is 0.267 e. The number of hydrogen-bond acceptors (Lipinski definition) is 4. The van der Waals surface area contributed by atoms with Gasteiger partial charge in [0.1, 0.15) is 17.5 Å². The van der Waals surface area contributed by atoms with Gasteiger partial charge in [-0.2, -0.15) is 10.4 Å². The van der Waals surface area contributed by atoms with E-state index in [2.05, 4.69) is 41.0 Å². The van der Waals surface area contributed by atoms with E-state index in [0.29, 0.717) is 30.9 Å². The minimum atomic E-state index is -0.408. The van der Waals surface area contributed by atoms with Gasteiger partial charge in [-0.3, -0.25) is 4.79 Å². The number of carbonyl (C=O) groups excluding carboxylic acids is 1. The summed E-state index contributed by atoms with van der Waals surface area (Å²) < 4.78 is 9.60. The van der Waals surface area contributed by atoms with E-state index in [1.807, 2.05) is 0 Å². The number of hydrogen-bond donors (Lipinski definition) is 1. The summed E-state index contributed by atoms with van der Waals surface area (Å²) in [6.07, 6.45) is 10.6. The molecule has 2 aromatic heterocycles. The van der Waals surface area contributed by atoms with Gasteiger partial charge >= 0.3 is 0 Å². The third kappa shape index (κ3) is 4.75. The van der Waals surface area contributed by atoms with Crippen LogP contribution >= 0.6 is 0 Å². The molecular weight excluding hydrogens is 390 g/mol. The van der Waals surface area contributed by atoms with Gasteiger partial charge in [0, 0.05) is 42.6 Å². The molecule has 0 radical (unpaired) electrons. The molecule has 1 aliphatic heterocycles. The summed E-state index contributed by atoms with van der Waals surface area (Å²) in [5, 5.41) is 16.9. The molecule has 1 N–H and O–H groups in total. The number of aromatic nitrogens is 3. The highest BCUT2D eigenvalue weighted by atomic mass is 16.5. The highest BCUT2D eigenvalue weighted by molar-refractivity contribution is 6.09. The van der Waals surface area contributed by atoms with E-state index in [9.17, 15) is 10.1 Å². The SMILES string of the molecule is Cc1cc(/C=C(/C#N)C(=O)Nc2ccnn2CC2CCOC2)c(C)n1C1CCCCC1. The lowest BCUT2D eigenvalue weighted by atomic mass is 9.95. The zero-order chi connectivity index (χ0) is 21.8. The lowest BCUT2D eigenvalue weighted by molar-refractivity contribution is -0.112. The molecule has 0 spiro atoms. The summed E-state index contributed by atoms with van der Waals surface area (Å²) in [6.45, 7) is 6.37. The number of rotatable bonds is 6. The summed E-state index contributed by atoms with van der Waals surface area (Å²) in [7, 11) is 0. The fourth-order valence-electron chi connectivity index (χ4n) is 4.89. The third-order valence-corrected chi connectivity index (χ3v) is 6.54. The van der Waals surface area contributed by atoms with Crippen molar-refractivity contribution in [2.45, 2.75) is 65.0 Å². The van der Waals surface area contributed by atoms with E-state index in [1.165, 1.54) is 37.8 Å². The van der Waals surface area contributed by atoms with E-state index < -0.39 is 5.91 Å². The molecule has 31 heavy (non-hydrogen) atoms. The Morgan fingerprint density at radius 1 is 1.32 bits per heavy atom. The topological polar surface area (TPSA) is 84.9 Å². The van der Waals surface area contributed by atoms with Gasteiger partial charge in [0.25, 0.3) is 5.91 Å². The van der Waals surface area contributed by atoms with Gasteiger partial charge in [-0.15, -0.1) is 0 Å². The molecule has 164 valence electrons. The molecule has 7 nitrogen and oxygen atoms in total. The van der Waals surface area contributed by atoms with Crippen molar-refractivity contribution in [2.75, 3.05) is 18.5 Å². The molecule has 0 bridgehead atoms. The van der Waals surface area contributed by atoms with Crippen LogP contribution in [0, 0.1) is 31.1 Å². The van der Waals surface area contributed by atoms with Crippen LogP contribution in [0.25, 0.3) is 6.08 Å². The molecule has 1 aliphatic carbocycles. The van der Waals surface area contributed by atoms with Crippen LogP contribution in [0.1, 0.15) is 61.5 Å². The van der Waals surface area contributed by atoms with Crippen molar-refractivity contribution in [1.82, 2.24) is 14.3 Å². The predicted molar refractivity (Wildman–Crippen MR) is 119 cm³/mol. The molecule has 1 amide bonds. The molecule has 1 saturated heterocycles. The van der Waals surface area contributed by atoms with Crippen molar-refractivity contribution in [3.05, 3.63) is 40.9 Å². The second kappa shape index (κ2) is 9.52. The van der Waals surface area contributed by atoms with Gasteiger partial charge in [0.05, 0.1) is 12.8 Å². The molecule has 2 aliphatic rings. The minimum absolute atomic E-state index is 0.0980. The predicted octanol–water partition coefficient (Wildman–Crippen LogP) is 4.39. The van der Waals surface area contributed by atoms with E-state index in [0.717, 1.165) is 24.3 Å². The van der Waals surface area contributed by atoms with Crippen molar-refractivity contribution in [2.24, 2.45) is 5.92 Å². The second-order valence-electron chi connectivity index (χ2n) is 8.74. The minimum Gasteiger partial charge on any atom is -0.381 e. The summed E-state index contributed by atoms with van der Waals surface area (Å²) in [6, 6.07) is 6.44. The van der Waals surface area contributed by atoms with Crippen LogP contribution in [0.2, 0.25) is 0 Å². The number of nitrogens with zero attached hydrogens (tertiary/aromatic N) is 4. The first-order valence-corrected chi connectivity index (χ1v) is 11.3. The Morgan fingerprint density at radius 3 is 2.84 bits per heavy atom. The highest BCUT2D eigenvalue weighted by Gasteiger charge is 2.21. The largest absolute Gasteiger partial charge is 0.381 e. The highest BCUT2D eigenvalue weighted by Crippen LogP contribution is 2.32. The molecule has 7 heteroatoms. The van der Waals surface area contributed by atoms with Gasteiger partial charge in [-0.25, -0.2) is 4.68 Å². The Morgan fingerprint density at radius 2 is 2.13 bits per heavy atom. The Labute approximate surface area is 183 Å². The standard InChI is InChI=1S/C24H31N5O2/c1-17-12-20(18(2)29(17)22-6-4-3-5-7-22)13-21(14-25)24(30)27-23-8-10-26-28(23)15-19-9-11-31-16-19/h8,10,12-13,19,22H,3-7,9,11,15-16H2,1-2H3,(H,27,30)/b21-13-. The zero-order valence-corrected chi connectivity index (χ0v) is 18.4. The molecule has 1 saturated carbocycles. The fourth-order valence-corrected chi connectivity index (χ4v) is 4.89. The number of carbonyl (C=O) groups is 1. The molecule has 1 atom stereocenters. The Bertz CT molecular complexity index is 998. The average Bonchev–Trinajstić information content (AvgIpc) is 3.49. The Hall–Kier alpha value is -2.85. The normalized spacial score (nSPS) is 20.0. The van der Waals surface area contributed by atoms with Crippen LogP contribution in [0.4, 0.5) is 5.82 Å². The average molecular weight is 422 g/mol. The van der Waals surface area contributed by atoms with Gasteiger partial charge < -0.3 is 14.6 Å². The third-order valence-electron chi connectivity index (χ3n) is 6.54. The number of amides is 1. The number of ether oxygens (including phenoxy) is 1. The quantitative estimate of drug-likeness (QED) is 0.554. The first-order valence-electron chi connectivity index (χ1n) is 11.3. The van der Waals surface area contributed by atoms with Crippen LogP contribution in [0.15, 0.2) is 23.9 Å². The fraction of sp³-hybridized carbons (Fsp3) is 0.542. The smallest absolute Gasteiger partial charge is 0.267 e. The Kier molecular flexibility index (Phi) is 6.57. The molecule has 2 aromatic rings. The van der Waals surface area contributed by atoms with Crippen molar-refractivity contribution >= 4 is 17.8 Å². The van der Waals surface area contributed by atoms with E-state index >= 15 is 0 Å². The zero-order valence-electron chi connectivity index (χ0n) is 18.4. The van der Waals surface area contributed by atoms with Crippen LogP contribution < -0.4 is 5.32 Å². The van der Waals surface area contributed by atoms with E-state index in [1.54, 1.807) is 23.0 Å². The summed E-state index contributed by atoms with van der Waals surface area (Å²) in [5.74, 6) is 0.590. The monoisotopic (exact) mass is 421 g/mol. The summed E-state index contributed by atoms with van der Waals surface area (Å²) in [5.41, 5.74) is 3.34. The number of aryl methyl sites for hydroxylation is 1. The van der Waals surface area contributed by atoms with Crippen molar-refractivity contribution in [3.63, 3.8) is 0 Å². The number of anilines is 1. The van der Waals surface area contributed by atoms with Crippen LogP contribution in [-0.2, 0) is 16.1 Å². The van der Waals surface area contributed by atoms with Crippen LogP contribution in [0.5, 0.6) is 0 Å². The van der Waals surface area contributed by atoms with Crippen molar-refractivity contribution < 1.29 is 9.53 Å². The van der Waals surface area contributed by atoms with Crippen molar-refractivity contribution in [1.29, 1.82) is 5.26 Å². The molecule has 3 heterocycles. The van der Waals surface area contributed by atoms with E-state index in [4.69, 9.17) is 4.74 Å². The lowest BCUT2D eigenvalue weighted by Crippen LogP contribution is -2.19. The number of nitriles is 1. The molecular formula is C24H31N5O2. The molecule has 0 aromatic carbocycles. The Balaban J connectivity index is 1.51. The van der Waals surface area contributed by atoms with Crippen molar-refractivity contribution in [3.8, 4) is 6.07 Å². The van der Waals surface area contributed by atoms with Gasteiger partial charge in [-0.05, 0) is 50.8 Å². The van der Waals surface area contributed by atoms with Crippen LogP contribution in [-0.4, -0.2) is 33.5 Å². The van der Waals surface area contributed by atoms with Gasteiger partial charge in [0.15, 0.2) is 0 Å². The maximum atomic E-state index is 12.9. The van der Waals surface area contributed by atoms with E-state index in [-0.39, 0.29) is 5.57 Å². The maximum absolute atomic E-state index is 12.9. The molecule has 4 rings (SSSR count). The lowest BCUT2D eigenvalue weighted by Gasteiger charge is -2.26. The first-order chi connectivity index (χ1) is 15.1. The molecule has 2 fully saturated rings. The second-order valence-corrected chi connectivity index (χ2v) is 8.74. The van der Waals surface area contributed by atoms with Gasteiger partial charge in [0.2, 0.25) is 0 Å². The summed E-state index contributed by atoms with van der Waals surface area (Å²) in [4.78, 5) is 12.9. The van der Waals surface area contributed by atoms with Crippen LogP contribution in [0.3, 0.4) is 0 Å². The van der Waals surface area contributed by atoms with Gasteiger partial charge in [-0.1, -0.05) is 19.3 Å². The summed E-state index contributed by atoms with van der Waals surface area (Å²) >= 11 is 0. The molecule has 1 unspecified atom stereocenters. The number of nitrogens with one attached hydrogen (secondary N) is 1.